The average Bonchev–Trinajstić information content (AvgIpc) is 2.99. The lowest BCUT2D eigenvalue weighted by molar-refractivity contribution is 0.0702. The predicted octanol–water partition coefficient (Wildman–Crippen LogP) is 2.91. The summed E-state index contributed by atoms with van der Waals surface area (Å²) in [5.41, 5.74) is 2.06. The Labute approximate surface area is 138 Å². The number of aliphatic hydroxyl groups is 1. The van der Waals surface area contributed by atoms with Crippen molar-refractivity contribution in [3.8, 4) is 0 Å². The second-order valence-corrected chi connectivity index (χ2v) is 5.65. The van der Waals surface area contributed by atoms with E-state index in [1.54, 1.807) is 24.3 Å². The van der Waals surface area contributed by atoms with Crippen LogP contribution in [-0.2, 0) is 13.0 Å². The predicted molar refractivity (Wildman–Crippen MR) is 86.3 cm³/mol. The van der Waals surface area contributed by atoms with E-state index in [9.17, 15) is 9.90 Å². The molecule has 1 aromatic carbocycles. The van der Waals surface area contributed by atoms with Gasteiger partial charge in [0.15, 0.2) is 0 Å². The molecule has 2 rings (SSSR count). The molecule has 1 heterocycles. The molecule has 0 saturated carbocycles. The molecule has 0 spiro atoms. The Balaban J connectivity index is 2.17. The fourth-order valence-corrected chi connectivity index (χ4v) is 2.37. The zero-order chi connectivity index (χ0) is 16.1. The van der Waals surface area contributed by atoms with Crippen LogP contribution in [0.3, 0.4) is 0 Å². The van der Waals surface area contributed by atoms with Crippen LogP contribution in [0.2, 0.25) is 10.0 Å². The number of aromatic amines is 1. The van der Waals surface area contributed by atoms with Gasteiger partial charge in [0.05, 0.1) is 16.7 Å². The van der Waals surface area contributed by atoms with Crippen LogP contribution in [0.1, 0.15) is 28.7 Å². The molecule has 1 amide bonds. The third kappa shape index (κ3) is 4.00. The van der Waals surface area contributed by atoms with Crippen molar-refractivity contribution in [2.45, 2.75) is 19.9 Å². The van der Waals surface area contributed by atoms with Crippen molar-refractivity contribution in [3.05, 3.63) is 51.3 Å². The average molecular weight is 342 g/mol. The number of amides is 1. The van der Waals surface area contributed by atoms with Crippen LogP contribution in [0.25, 0.3) is 0 Å². The van der Waals surface area contributed by atoms with E-state index < -0.39 is 0 Å². The van der Waals surface area contributed by atoms with Crippen LogP contribution in [-0.4, -0.2) is 39.3 Å². The number of hydrogen-bond donors (Lipinski definition) is 2. The molecule has 1 aromatic heterocycles. The number of rotatable bonds is 6. The monoisotopic (exact) mass is 341 g/mol. The van der Waals surface area contributed by atoms with Crippen molar-refractivity contribution in [2.24, 2.45) is 0 Å². The Kier molecular flexibility index (Phi) is 5.83. The van der Waals surface area contributed by atoms with Crippen LogP contribution >= 0.6 is 23.2 Å². The Morgan fingerprint density at radius 3 is 2.68 bits per heavy atom. The van der Waals surface area contributed by atoms with Gasteiger partial charge in [0.25, 0.3) is 5.91 Å². The SMILES string of the molecule is CCc1cc(C(=O)N(CCO)Cc2ccc(Cl)c(Cl)c2)n[nH]1. The van der Waals surface area contributed by atoms with Gasteiger partial charge < -0.3 is 10.0 Å². The third-order valence-electron chi connectivity index (χ3n) is 3.25. The number of carbonyl (C=O) groups is 1. The summed E-state index contributed by atoms with van der Waals surface area (Å²) < 4.78 is 0. The maximum atomic E-state index is 12.5. The summed E-state index contributed by atoms with van der Waals surface area (Å²) in [7, 11) is 0. The Morgan fingerprint density at radius 2 is 2.09 bits per heavy atom. The van der Waals surface area contributed by atoms with E-state index in [1.807, 2.05) is 6.92 Å². The molecule has 0 saturated heterocycles. The number of carbonyl (C=O) groups excluding carboxylic acids is 1. The number of benzene rings is 1. The highest BCUT2D eigenvalue weighted by Gasteiger charge is 2.19. The van der Waals surface area contributed by atoms with Crippen molar-refractivity contribution in [3.63, 3.8) is 0 Å². The highest BCUT2D eigenvalue weighted by atomic mass is 35.5. The van der Waals surface area contributed by atoms with Gasteiger partial charge in [-0.3, -0.25) is 9.89 Å². The van der Waals surface area contributed by atoms with Crippen molar-refractivity contribution in [1.29, 1.82) is 0 Å². The summed E-state index contributed by atoms with van der Waals surface area (Å²) in [6, 6.07) is 6.92. The van der Waals surface area contributed by atoms with Gasteiger partial charge in [-0.1, -0.05) is 36.2 Å². The fourth-order valence-electron chi connectivity index (χ4n) is 2.05. The van der Waals surface area contributed by atoms with Crippen molar-refractivity contribution < 1.29 is 9.90 Å². The van der Waals surface area contributed by atoms with Crippen molar-refractivity contribution >= 4 is 29.1 Å². The van der Waals surface area contributed by atoms with E-state index in [1.165, 1.54) is 4.90 Å². The molecule has 0 aliphatic heterocycles. The molecule has 118 valence electrons. The summed E-state index contributed by atoms with van der Waals surface area (Å²) in [6.45, 7) is 2.39. The minimum absolute atomic E-state index is 0.127. The molecular weight excluding hydrogens is 325 g/mol. The number of nitrogens with one attached hydrogen (secondary N) is 1. The van der Waals surface area contributed by atoms with Gasteiger partial charge >= 0.3 is 0 Å². The van der Waals surface area contributed by atoms with Gasteiger partial charge in [-0.05, 0) is 30.2 Å². The van der Waals surface area contributed by atoms with Gasteiger partial charge in [0.1, 0.15) is 5.69 Å². The minimum atomic E-state index is -0.240. The van der Waals surface area contributed by atoms with Gasteiger partial charge in [-0.15, -0.1) is 0 Å². The minimum Gasteiger partial charge on any atom is -0.395 e. The standard InChI is InChI=1S/C15H17Cl2N3O2/c1-2-11-8-14(19-18-11)15(22)20(5-6-21)9-10-3-4-12(16)13(17)7-10/h3-4,7-8,21H,2,5-6,9H2,1H3,(H,18,19). The van der Waals surface area contributed by atoms with Crippen LogP contribution in [0.5, 0.6) is 0 Å². The molecule has 0 atom stereocenters. The highest BCUT2D eigenvalue weighted by molar-refractivity contribution is 6.42. The summed E-state index contributed by atoms with van der Waals surface area (Å²) in [6.07, 6.45) is 0.771. The number of H-pyrrole nitrogens is 1. The summed E-state index contributed by atoms with van der Waals surface area (Å²) in [5, 5.41) is 16.9. The lowest BCUT2D eigenvalue weighted by Crippen LogP contribution is -2.33. The molecule has 0 aliphatic rings. The molecular formula is C15H17Cl2N3O2. The maximum Gasteiger partial charge on any atom is 0.274 e. The van der Waals surface area contributed by atoms with Crippen LogP contribution in [0.15, 0.2) is 24.3 Å². The normalized spacial score (nSPS) is 10.7. The molecule has 7 heteroatoms. The largest absolute Gasteiger partial charge is 0.395 e. The molecule has 0 unspecified atom stereocenters. The van der Waals surface area contributed by atoms with E-state index in [-0.39, 0.29) is 19.1 Å². The first-order chi connectivity index (χ1) is 10.5. The first-order valence-electron chi connectivity index (χ1n) is 6.93. The van der Waals surface area contributed by atoms with Crippen molar-refractivity contribution in [1.82, 2.24) is 15.1 Å². The zero-order valence-electron chi connectivity index (χ0n) is 12.1. The van der Waals surface area contributed by atoms with Crippen LogP contribution < -0.4 is 0 Å². The van der Waals surface area contributed by atoms with E-state index >= 15 is 0 Å². The quantitative estimate of drug-likeness (QED) is 0.848. The molecule has 2 aromatic rings. The third-order valence-corrected chi connectivity index (χ3v) is 3.98. The lowest BCUT2D eigenvalue weighted by Gasteiger charge is -2.21. The van der Waals surface area contributed by atoms with Gasteiger partial charge in [-0.25, -0.2) is 0 Å². The molecule has 5 nitrogen and oxygen atoms in total. The Hall–Kier alpha value is -1.56. The maximum absolute atomic E-state index is 12.5. The van der Waals surface area contributed by atoms with E-state index in [0.29, 0.717) is 22.3 Å². The number of hydrogen-bond acceptors (Lipinski definition) is 3. The molecule has 0 radical (unpaired) electrons. The number of nitrogens with zero attached hydrogens (tertiary/aromatic N) is 2. The van der Waals surface area contributed by atoms with E-state index in [2.05, 4.69) is 10.2 Å². The summed E-state index contributed by atoms with van der Waals surface area (Å²) in [5.74, 6) is -0.240. The Morgan fingerprint density at radius 1 is 1.32 bits per heavy atom. The number of aromatic nitrogens is 2. The van der Waals surface area contributed by atoms with E-state index in [4.69, 9.17) is 23.2 Å². The molecule has 0 fully saturated rings. The van der Waals surface area contributed by atoms with Crippen molar-refractivity contribution in [2.75, 3.05) is 13.2 Å². The molecule has 0 bridgehead atoms. The molecule has 22 heavy (non-hydrogen) atoms. The topological polar surface area (TPSA) is 69.2 Å². The first-order valence-corrected chi connectivity index (χ1v) is 7.69. The van der Waals surface area contributed by atoms with Crippen LogP contribution in [0.4, 0.5) is 0 Å². The van der Waals surface area contributed by atoms with Gasteiger partial charge in [0, 0.05) is 18.8 Å². The Bertz CT molecular complexity index is 658. The fraction of sp³-hybridized carbons (Fsp3) is 0.333. The number of aryl methyl sites for hydroxylation is 1. The summed E-state index contributed by atoms with van der Waals surface area (Å²) >= 11 is 11.9. The second kappa shape index (κ2) is 7.63. The van der Waals surface area contributed by atoms with Gasteiger partial charge in [0.2, 0.25) is 0 Å². The number of halogens is 2. The summed E-state index contributed by atoms with van der Waals surface area (Å²) in [4.78, 5) is 14.0. The molecule has 0 aliphatic carbocycles. The first kappa shape index (κ1) is 16.8. The lowest BCUT2D eigenvalue weighted by atomic mass is 10.2. The zero-order valence-corrected chi connectivity index (χ0v) is 13.7. The van der Waals surface area contributed by atoms with E-state index in [0.717, 1.165) is 17.7 Å². The molecule has 2 N–H and O–H groups in total. The van der Waals surface area contributed by atoms with Gasteiger partial charge in [-0.2, -0.15) is 5.10 Å². The second-order valence-electron chi connectivity index (χ2n) is 4.83. The number of aliphatic hydroxyl groups excluding tert-OH is 1. The highest BCUT2D eigenvalue weighted by Crippen LogP contribution is 2.23. The van der Waals surface area contributed by atoms with Crippen LogP contribution in [0, 0.1) is 0 Å². The smallest absolute Gasteiger partial charge is 0.274 e.